The number of alkyl halides is 3. The average Bonchev–Trinajstić information content (AvgIpc) is 3.35. The summed E-state index contributed by atoms with van der Waals surface area (Å²) in [5.41, 5.74) is 1.99. The number of amides is 1. The normalized spacial score (nSPS) is 13.8. The number of para-hydroxylation sites is 1. The summed E-state index contributed by atoms with van der Waals surface area (Å²) in [6.07, 6.45) is -1.79. The van der Waals surface area contributed by atoms with Crippen LogP contribution in [-0.2, 0) is 14.5 Å². The Morgan fingerprint density at radius 2 is 2.00 bits per heavy atom. The van der Waals surface area contributed by atoms with E-state index in [4.69, 9.17) is 9.15 Å². The second-order valence-electron chi connectivity index (χ2n) is 7.35. The Morgan fingerprint density at radius 3 is 2.76 bits per heavy atom. The Labute approximate surface area is 186 Å². The van der Waals surface area contributed by atoms with Crippen LogP contribution < -0.4 is 4.74 Å². The van der Waals surface area contributed by atoms with E-state index in [1.165, 1.54) is 0 Å². The molecular formula is C21H19F3N4O4S. The highest BCUT2D eigenvalue weighted by atomic mass is 32.2. The summed E-state index contributed by atoms with van der Waals surface area (Å²) in [4.78, 5) is 15.2. The van der Waals surface area contributed by atoms with Crippen LogP contribution in [0.1, 0.15) is 12.8 Å². The quantitative estimate of drug-likeness (QED) is 0.362. The van der Waals surface area contributed by atoms with Crippen LogP contribution in [0, 0.1) is 0 Å². The van der Waals surface area contributed by atoms with Crippen molar-refractivity contribution in [3.05, 3.63) is 48.7 Å². The van der Waals surface area contributed by atoms with Crippen molar-refractivity contribution < 1.29 is 31.3 Å². The van der Waals surface area contributed by atoms with E-state index < -0.39 is 21.8 Å². The molecule has 0 bridgehead atoms. The summed E-state index contributed by atoms with van der Waals surface area (Å²) in [7, 11) is -3.27. The molecule has 12 heteroatoms. The molecule has 0 aliphatic carbocycles. The van der Waals surface area contributed by atoms with Crippen LogP contribution in [0.25, 0.3) is 28.1 Å². The molecule has 0 fully saturated rings. The van der Waals surface area contributed by atoms with Crippen LogP contribution in [0.15, 0.2) is 57.4 Å². The van der Waals surface area contributed by atoms with Gasteiger partial charge in [0.25, 0.3) is 0 Å². The maximum absolute atomic E-state index is 12.3. The van der Waals surface area contributed by atoms with Gasteiger partial charge in [0, 0.05) is 23.5 Å². The largest absolute Gasteiger partial charge is 0.477 e. The van der Waals surface area contributed by atoms with Gasteiger partial charge in [-0.2, -0.15) is 17.5 Å². The maximum atomic E-state index is 12.3. The van der Waals surface area contributed by atoms with Gasteiger partial charge in [-0.1, -0.05) is 18.2 Å². The van der Waals surface area contributed by atoms with Crippen molar-refractivity contribution in [1.82, 2.24) is 14.6 Å². The van der Waals surface area contributed by atoms with E-state index in [2.05, 4.69) is 14.4 Å². The lowest BCUT2D eigenvalue weighted by molar-refractivity contribution is -0.169. The van der Waals surface area contributed by atoms with Gasteiger partial charge in [0.1, 0.15) is 11.3 Å². The van der Waals surface area contributed by atoms with E-state index >= 15 is 0 Å². The molecule has 1 aromatic carbocycles. The average molecular weight is 480 g/mol. The molecule has 0 saturated heterocycles. The van der Waals surface area contributed by atoms with E-state index in [0.29, 0.717) is 29.4 Å². The third-order valence-corrected chi connectivity index (χ3v) is 6.30. The Bertz CT molecular complexity index is 1400. The van der Waals surface area contributed by atoms with Crippen LogP contribution in [0.5, 0.6) is 5.88 Å². The Hall–Kier alpha value is -3.41. The summed E-state index contributed by atoms with van der Waals surface area (Å²) in [5, 5.41) is 5.37. The van der Waals surface area contributed by atoms with Crippen LogP contribution in [0.2, 0.25) is 0 Å². The zero-order valence-corrected chi connectivity index (χ0v) is 18.2. The molecule has 8 nitrogen and oxygen atoms in total. The zero-order valence-electron chi connectivity index (χ0n) is 17.4. The molecule has 4 rings (SSSR count). The van der Waals surface area contributed by atoms with Gasteiger partial charge in [-0.25, -0.2) is 13.7 Å². The molecular weight excluding hydrogens is 461 g/mol. The molecule has 1 amide bonds. The standard InChI is InChI=1S/C21H19F3N4O4S/c1-33(30,27-20(29)21(22,23)24)11-5-4-10-31-19-9-8-18-25-13-15(28(18)26-19)17-12-14-6-2-3-7-16(14)32-17/h2-3,6-9,12-13H,4-5,10-11H2,1H3. The highest BCUT2D eigenvalue weighted by molar-refractivity contribution is 7.93. The number of hydrogen-bond acceptors (Lipinski definition) is 6. The number of unbranched alkanes of at least 4 members (excludes halogenated alkanes) is 1. The van der Waals surface area contributed by atoms with Gasteiger partial charge in [-0.3, -0.25) is 4.79 Å². The number of fused-ring (bicyclic) bond motifs is 2. The zero-order chi connectivity index (χ0) is 23.6. The number of benzene rings is 1. The van der Waals surface area contributed by atoms with Gasteiger partial charge in [0.2, 0.25) is 5.88 Å². The van der Waals surface area contributed by atoms with Gasteiger partial charge in [0.05, 0.1) is 22.5 Å². The minimum Gasteiger partial charge on any atom is -0.477 e. The van der Waals surface area contributed by atoms with Crippen molar-refractivity contribution in [2.75, 3.05) is 18.6 Å². The van der Waals surface area contributed by atoms with Gasteiger partial charge >= 0.3 is 12.1 Å². The second-order valence-corrected chi connectivity index (χ2v) is 9.86. The Balaban J connectivity index is 1.39. The van der Waals surface area contributed by atoms with Gasteiger partial charge in [-0.05, 0) is 31.0 Å². The molecule has 174 valence electrons. The molecule has 1 atom stereocenters. The Kier molecular flexibility index (Phi) is 6.11. The summed E-state index contributed by atoms with van der Waals surface area (Å²) in [6, 6.07) is 12.9. The summed E-state index contributed by atoms with van der Waals surface area (Å²) in [6.45, 7) is 0.190. The number of furan rings is 1. The van der Waals surface area contributed by atoms with Crippen molar-refractivity contribution >= 4 is 32.3 Å². The van der Waals surface area contributed by atoms with Crippen LogP contribution in [-0.4, -0.2) is 49.5 Å². The molecule has 0 saturated carbocycles. The first-order valence-electron chi connectivity index (χ1n) is 9.90. The van der Waals surface area contributed by atoms with Crippen LogP contribution in [0.4, 0.5) is 13.2 Å². The van der Waals surface area contributed by atoms with E-state index in [1.54, 1.807) is 22.8 Å². The van der Waals surface area contributed by atoms with E-state index in [9.17, 15) is 22.2 Å². The number of hydrogen-bond donors (Lipinski definition) is 0. The lowest BCUT2D eigenvalue weighted by atomic mass is 10.2. The molecule has 3 aromatic heterocycles. The van der Waals surface area contributed by atoms with Crippen molar-refractivity contribution in [3.63, 3.8) is 0 Å². The lowest BCUT2D eigenvalue weighted by Crippen LogP contribution is -2.22. The molecule has 3 heterocycles. The predicted octanol–water partition coefficient (Wildman–Crippen LogP) is 4.49. The molecule has 1 unspecified atom stereocenters. The van der Waals surface area contributed by atoms with E-state index in [-0.39, 0.29) is 18.8 Å². The molecule has 0 radical (unpaired) electrons. The number of aromatic nitrogens is 3. The molecule has 0 aliphatic heterocycles. The minimum atomic E-state index is -5.12. The molecule has 33 heavy (non-hydrogen) atoms. The SMILES string of the molecule is CS(=O)(CCCCOc1ccc2ncc(-c3cc4ccccc4o3)n2n1)=NC(=O)C(F)(F)F. The number of rotatable bonds is 7. The molecule has 4 aromatic rings. The monoisotopic (exact) mass is 480 g/mol. The number of carbonyl (C=O) groups is 1. The van der Waals surface area contributed by atoms with Crippen LogP contribution >= 0.6 is 0 Å². The third kappa shape index (κ3) is 5.33. The first kappa shape index (κ1) is 22.8. The predicted molar refractivity (Wildman–Crippen MR) is 115 cm³/mol. The fourth-order valence-corrected chi connectivity index (χ4v) is 4.42. The first-order valence-corrected chi connectivity index (χ1v) is 12.0. The third-order valence-electron chi connectivity index (χ3n) is 4.70. The van der Waals surface area contributed by atoms with Gasteiger partial charge < -0.3 is 9.15 Å². The minimum absolute atomic E-state index is 0.150. The van der Waals surface area contributed by atoms with Crippen LogP contribution in [0.3, 0.4) is 0 Å². The molecule has 0 aliphatic rings. The highest BCUT2D eigenvalue weighted by Gasteiger charge is 2.39. The number of ether oxygens (including phenoxy) is 1. The number of carbonyl (C=O) groups excluding carboxylic acids is 1. The fourth-order valence-electron chi connectivity index (χ4n) is 3.13. The van der Waals surface area contributed by atoms with Crippen molar-refractivity contribution in [1.29, 1.82) is 0 Å². The topological polar surface area (TPSA) is 99.1 Å². The van der Waals surface area contributed by atoms with E-state index in [1.807, 2.05) is 30.3 Å². The van der Waals surface area contributed by atoms with E-state index in [0.717, 1.165) is 17.2 Å². The lowest BCUT2D eigenvalue weighted by Gasteiger charge is -2.07. The number of nitrogens with zero attached hydrogens (tertiary/aromatic N) is 4. The molecule has 0 N–H and O–H groups in total. The van der Waals surface area contributed by atoms with Crippen molar-refractivity contribution in [2.45, 2.75) is 19.0 Å². The van der Waals surface area contributed by atoms with Crippen molar-refractivity contribution in [2.24, 2.45) is 4.36 Å². The van der Waals surface area contributed by atoms with Gasteiger partial charge in [-0.15, -0.1) is 5.10 Å². The maximum Gasteiger partial charge on any atom is 0.474 e. The fraction of sp³-hybridized carbons (Fsp3) is 0.286. The second kappa shape index (κ2) is 8.85. The molecule has 0 spiro atoms. The Morgan fingerprint density at radius 1 is 1.21 bits per heavy atom. The smallest absolute Gasteiger partial charge is 0.474 e. The summed E-state index contributed by atoms with van der Waals surface area (Å²) < 4.78 is 64.8. The number of halogens is 3. The summed E-state index contributed by atoms with van der Waals surface area (Å²) >= 11 is 0. The highest BCUT2D eigenvalue weighted by Crippen LogP contribution is 2.28. The first-order chi connectivity index (χ1) is 15.6. The van der Waals surface area contributed by atoms with Gasteiger partial charge in [0.15, 0.2) is 11.4 Å². The van der Waals surface area contributed by atoms with Crippen molar-refractivity contribution in [3.8, 4) is 17.3 Å². The summed E-state index contributed by atoms with van der Waals surface area (Å²) in [5.74, 6) is -1.57. The number of imidazole rings is 1.